The van der Waals surface area contributed by atoms with Gasteiger partial charge in [-0.1, -0.05) is 13.8 Å². The quantitative estimate of drug-likeness (QED) is 0.865. The second-order valence-corrected chi connectivity index (χ2v) is 5.00. The van der Waals surface area contributed by atoms with Crippen molar-refractivity contribution in [2.24, 2.45) is 0 Å². The molecule has 0 aliphatic carbocycles. The zero-order chi connectivity index (χ0) is 12.3. The van der Waals surface area contributed by atoms with Crippen molar-refractivity contribution in [3.63, 3.8) is 0 Å². The standard InChI is InChI=1S/C13H22N4/c1-10(2)13-15-8-12(9-16-13)17-6-4-11(14-3)5-7-17/h8-11,14H,4-7H2,1-3H3. The molecule has 2 heterocycles. The first kappa shape index (κ1) is 12.3. The van der Waals surface area contributed by atoms with Crippen molar-refractivity contribution in [2.75, 3.05) is 25.0 Å². The molecule has 0 amide bonds. The Bertz CT molecular complexity index is 339. The van der Waals surface area contributed by atoms with Crippen LogP contribution >= 0.6 is 0 Å². The van der Waals surface area contributed by atoms with Crippen LogP contribution in [0.4, 0.5) is 5.69 Å². The highest BCUT2D eigenvalue weighted by Crippen LogP contribution is 2.19. The van der Waals surface area contributed by atoms with E-state index in [4.69, 9.17) is 0 Å². The van der Waals surface area contributed by atoms with Crippen molar-refractivity contribution in [3.8, 4) is 0 Å². The number of anilines is 1. The first-order valence-electron chi connectivity index (χ1n) is 6.45. The Hall–Kier alpha value is -1.16. The summed E-state index contributed by atoms with van der Waals surface area (Å²) in [6.07, 6.45) is 6.31. The first-order valence-corrected chi connectivity index (χ1v) is 6.45. The van der Waals surface area contributed by atoms with E-state index >= 15 is 0 Å². The van der Waals surface area contributed by atoms with Crippen molar-refractivity contribution < 1.29 is 0 Å². The lowest BCUT2D eigenvalue weighted by Gasteiger charge is -2.33. The van der Waals surface area contributed by atoms with Gasteiger partial charge in [0.15, 0.2) is 0 Å². The lowest BCUT2D eigenvalue weighted by atomic mass is 10.1. The number of hydrogen-bond acceptors (Lipinski definition) is 4. The van der Waals surface area contributed by atoms with Crippen LogP contribution in [0.3, 0.4) is 0 Å². The van der Waals surface area contributed by atoms with E-state index in [-0.39, 0.29) is 0 Å². The molecule has 1 aromatic rings. The molecule has 0 spiro atoms. The molecule has 0 aromatic carbocycles. The van der Waals surface area contributed by atoms with Crippen molar-refractivity contribution in [1.82, 2.24) is 15.3 Å². The molecule has 1 aromatic heterocycles. The van der Waals surface area contributed by atoms with Crippen LogP contribution < -0.4 is 10.2 Å². The molecule has 1 aliphatic rings. The Morgan fingerprint density at radius 2 is 1.82 bits per heavy atom. The highest BCUT2D eigenvalue weighted by Gasteiger charge is 2.18. The molecule has 0 unspecified atom stereocenters. The lowest BCUT2D eigenvalue weighted by Crippen LogP contribution is -2.41. The molecule has 0 atom stereocenters. The number of nitrogens with one attached hydrogen (secondary N) is 1. The minimum Gasteiger partial charge on any atom is -0.369 e. The number of aromatic nitrogens is 2. The predicted octanol–water partition coefficient (Wildman–Crippen LogP) is 1.79. The maximum absolute atomic E-state index is 4.42. The van der Waals surface area contributed by atoms with Crippen LogP contribution in [0.25, 0.3) is 0 Å². The van der Waals surface area contributed by atoms with Gasteiger partial charge in [0.25, 0.3) is 0 Å². The van der Waals surface area contributed by atoms with E-state index in [0.29, 0.717) is 12.0 Å². The van der Waals surface area contributed by atoms with Gasteiger partial charge in [0.05, 0.1) is 18.1 Å². The topological polar surface area (TPSA) is 41.0 Å². The minimum absolute atomic E-state index is 0.402. The summed E-state index contributed by atoms with van der Waals surface area (Å²) in [6.45, 7) is 6.42. The lowest BCUT2D eigenvalue weighted by molar-refractivity contribution is 0.442. The highest BCUT2D eigenvalue weighted by atomic mass is 15.2. The molecule has 4 heteroatoms. The normalized spacial score (nSPS) is 17.8. The fourth-order valence-corrected chi connectivity index (χ4v) is 2.22. The van der Waals surface area contributed by atoms with E-state index < -0.39 is 0 Å². The van der Waals surface area contributed by atoms with Crippen LogP contribution in [0.2, 0.25) is 0 Å². The summed E-state index contributed by atoms with van der Waals surface area (Å²) in [5.41, 5.74) is 1.16. The zero-order valence-electron chi connectivity index (χ0n) is 11.0. The van der Waals surface area contributed by atoms with E-state index in [2.05, 4.69) is 34.0 Å². The van der Waals surface area contributed by atoms with Gasteiger partial charge in [0.2, 0.25) is 0 Å². The Kier molecular flexibility index (Phi) is 3.94. The van der Waals surface area contributed by atoms with E-state index in [9.17, 15) is 0 Å². The van der Waals surface area contributed by atoms with Crippen molar-refractivity contribution in [2.45, 2.75) is 38.6 Å². The summed E-state index contributed by atoms with van der Waals surface area (Å²) in [4.78, 5) is 11.2. The van der Waals surface area contributed by atoms with Gasteiger partial charge in [-0.3, -0.25) is 0 Å². The first-order chi connectivity index (χ1) is 8.20. The third kappa shape index (κ3) is 2.94. The summed E-state index contributed by atoms with van der Waals surface area (Å²) < 4.78 is 0. The summed E-state index contributed by atoms with van der Waals surface area (Å²) in [5, 5.41) is 3.34. The van der Waals surface area contributed by atoms with Gasteiger partial charge >= 0.3 is 0 Å². The third-order valence-corrected chi connectivity index (χ3v) is 3.44. The SMILES string of the molecule is CNC1CCN(c2cnc(C(C)C)nc2)CC1. The number of hydrogen-bond donors (Lipinski definition) is 1. The zero-order valence-corrected chi connectivity index (χ0v) is 11.0. The van der Waals surface area contributed by atoms with Gasteiger partial charge in [0, 0.05) is 25.0 Å². The maximum atomic E-state index is 4.42. The second-order valence-electron chi connectivity index (χ2n) is 5.00. The van der Waals surface area contributed by atoms with Crippen LogP contribution in [0.15, 0.2) is 12.4 Å². The van der Waals surface area contributed by atoms with E-state index in [1.807, 2.05) is 19.4 Å². The average molecular weight is 234 g/mol. The fraction of sp³-hybridized carbons (Fsp3) is 0.692. The van der Waals surface area contributed by atoms with E-state index in [1.165, 1.54) is 12.8 Å². The Morgan fingerprint density at radius 3 is 2.29 bits per heavy atom. The molecule has 0 bridgehead atoms. The fourth-order valence-electron chi connectivity index (χ4n) is 2.22. The molecule has 1 N–H and O–H groups in total. The monoisotopic (exact) mass is 234 g/mol. The predicted molar refractivity (Wildman–Crippen MR) is 70.4 cm³/mol. The molecule has 0 saturated carbocycles. The number of nitrogens with zero attached hydrogens (tertiary/aromatic N) is 3. The summed E-state index contributed by atoms with van der Waals surface area (Å²) in [6, 6.07) is 0.669. The van der Waals surface area contributed by atoms with Gasteiger partial charge in [0.1, 0.15) is 5.82 Å². The smallest absolute Gasteiger partial charge is 0.130 e. The van der Waals surface area contributed by atoms with Crippen LogP contribution in [-0.2, 0) is 0 Å². The molecule has 1 saturated heterocycles. The van der Waals surface area contributed by atoms with Crippen LogP contribution in [0, 0.1) is 0 Å². The second kappa shape index (κ2) is 5.45. The van der Waals surface area contributed by atoms with Crippen molar-refractivity contribution >= 4 is 5.69 Å². The largest absolute Gasteiger partial charge is 0.369 e. The van der Waals surface area contributed by atoms with Crippen LogP contribution in [0.1, 0.15) is 38.4 Å². The third-order valence-electron chi connectivity index (χ3n) is 3.44. The van der Waals surface area contributed by atoms with E-state index in [0.717, 1.165) is 24.6 Å². The van der Waals surface area contributed by atoms with Gasteiger partial charge < -0.3 is 10.2 Å². The van der Waals surface area contributed by atoms with Crippen LogP contribution in [-0.4, -0.2) is 36.1 Å². The van der Waals surface area contributed by atoms with Crippen molar-refractivity contribution in [1.29, 1.82) is 0 Å². The maximum Gasteiger partial charge on any atom is 0.130 e. The minimum atomic E-state index is 0.402. The van der Waals surface area contributed by atoms with Crippen molar-refractivity contribution in [3.05, 3.63) is 18.2 Å². The van der Waals surface area contributed by atoms with Gasteiger partial charge in [-0.2, -0.15) is 0 Å². The summed E-state index contributed by atoms with van der Waals surface area (Å²) in [7, 11) is 2.04. The molecule has 1 aliphatic heterocycles. The molecule has 2 rings (SSSR count). The molecule has 0 radical (unpaired) electrons. The number of rotatable bonds is 3. The molecular weight excluding hydrogens is 212 g/mol. The Labute approximate surface area is 103 Å². The average Bonchev–Trinajstić information content (AvgIpc) is 2.39. The molecule has 17 heavy (non-hydrogen) atoms. The van der Waals surface area contributed by atoms with Gasteiger partial charge in [-0.25, -0.2) is 9.97 Å². The Morgan fingerprint density at radius 1 is 1.24 bits per heavy atom. The Balaban J connectivity index is 1.99. The summed E-state index contributed by atoms with van der Waals surface area (Å²) in [5.74, 6) is 1.33. The molecule has 4 nitrogen and oxygen atoms in total. The summed E-state index contributed by atoms with van der Waals surface area (Å²) >= 11 is 0. The molecule has 94 valence electrons. The molecular formula is C13H22N4. The van der Waals surface area contributed by atoms with E-state index in [1.54, 1.807) is 0 Å². The van der Waals surface area contributed by atoms with Crippen LogP contribution in [0.5, 0.6) is 0 Å². The van der Waals surface area contributed by atoms with Gasteiger partial charge in [-0.15, -0.1) is 0 Å². The highest BCUT2D eigenvalue weighted by molar-refractivity contribution is 5.42. The van der Waals surface area contributed by atoms with Gasteiger partial charge in [-0.05, 0) is 19.9 Å². The number of piperidine rings is 1. The molecule has 1 fully saturated rings.